The second-order valence-corrected chi connectivity index (χ2v) is 12.2. The molecule has 0 spiro atoms. The van der Waals surface area contributed by atoms with E-state index in [1.165, 1.54) is 17.0 Å². The lowest BCUT2D eigenvalue weighted by Gasteiger charge is -2.34. The second kappa shape index (κ2) is 13.8. The number of carbonyl (C=O) groups is 2. The van der Waals surface area contributed by atoms with E-state index in [1.54, 1.807) is 36.4 Å². The zero-order valence-electron chi connectivity index (χ0n) is 22.2. The Morgan fingerprint density at radius 3 is 1.97 bits per heavy atom. The van der Waals surface area contributed by atoms with Crippen molar-refractivity contribution in [2.45, 2.75) is 45.3 Å². The summed E-state index contributed by atoms with van der Waals surface area (Å²) in [5.41, 5.74) is 1.92. The van der Waals surface area contributed by atoms with E-state index in [0.29, 0.717) is 22.2 Å². The number of benzene rings is 3. The Hall–Kier alpha value is -3.07. The summed E-state index contributed by atoms with van der Waals surface area (Å²) in [7, 11) is -3.84. The first kappa shape index (κ1) is 30.5. The van der Waals surface area contributed by atoms with E-state index in [4.69, 9.17) is 23.2 Å². The van der Waals surface area contributed by atoms with E-state index >= 15 is 0 Å². The minimum atomic E-state index is -3.84. The fraction of sp³-hybridized carbons (Fsp3) is 0.310. The van der Waals surface area contributed by atoms with Crippen LogP contribution in [0.1, 0.15) is 31.4 Å². The van der Waals surface area contributed by atoms with Crippen molar-refractivity contribution in [1.82, 2.24) is 10.2 Å². The first-order chi connectivity index (χ1) is 18.5. The number of rotatable bonds is 12. The van der Waals surface area contributed by atoms with Crippen LogP contribution < -0.4 is 9.62 Å². The number of anilines is 1. The van der Waals surface area contributed by atoms with Gasteiger partial charge in [-0.1, -0.05) is 72.6 Å². The van der Waals surface area contributed by atoms with Crippen LogP contribution in [0, 0.1) is 0 Å². The third kappa shape index (κ3) is 8.98. The summed E-state index contributed by atoms with van der Waals surface area (Å²) in [6.07, 6.45) is 2.01. The molecule has 0 saturated heterocycles. The lowest BCUT2D eigenvalue weighted by molar-refractivity contribution is -0.140. The van der Waals surface area contributed by atoms with Crippen LogP contribution in [0.15, 0.2) is 78.9 Å². The summed E-state index contributed by atoms with van der Waals surface area (Å²) in [6, 6.07) is 21.6. The topological polar surface area (TPSA) is 86.8 Å². The third-order valence-corrected chi connectivity index (χ3v) is 7.98. The highest BCUT2D eigenvalue weighted by molar-refractivity contribution is 7.92. The zero-order chi connectivity index (χ0) is 28.6. The van der Waals surface area contributed by atoms with Gasteiger partial charge in [0.1, 0.15) is 12.6 Å². The van der Waals surface area contributed by atoms with Gasteiger partial charge in [0, 0.05) is 29.1 Å². The van der Waals surface area contributed by atoms with Crippen LogP contribution in [-0.4, -0.2) is 50.0 Å². The molecule has 0 radical (unpaired) electrons. The molecule has 208 valence electrons. The van der Waals surface area contributed by atoms with Crippen molar-refractivity contribution in [3.63, 3.8) is 0 Å². The summed E-state index contributed by atoms with van der Waals surface area (Å²) in [5.74, 6) is -0.835. The van der Waals surface area contributed by atoms with Crippen molar-refractivity contribution >= 4 is 50.7 Å². The van der Waals surface area contributed by atoms with Crippen molar-refractivity contribution in [3.8, 4) is 0 Å². The Morgan fingerprint density at radius 1 is 0.872 bits per heavy atom. The molecule has 10 heteroatoms. The van der Waals surface area contributed by atoms with Gasteiger partial charge in [-0.3, -0.25) is 13.9 Å². The molecule has 0 saturated carbocycles. The number of carbonyl (C=O) groups excluding carboxylic acids is 2. The Kier molecular flexibility index (Phi) is 10.8. The van der Waals surface area contributed by atoms with Crippen LogP contribution in [0.3, 0.4) is 0 Å². The number of amides is 2. The predicted octanol–water partition coefficient (Wildman–Crippen LogP) is 5.31. The second-order valence-electron chi connectivity index (χ2n) is 9.42. The molecule has 0 unspecified atom stereocenters. The molecule has 7 nitrogen and oxygen atoms in total. The van der Waals surface area contributed by atoms with Gasteiger partial charge in [0.2, 0.25) is 21.8 Å². The molecule has 3 rings (SSSR count). The summed E-state index contributed by atoms with van der Waals surface area (Å²) < 4.78 is 26.6. The quantitative estimate of drug-likeness (QED) is 0.310. The van der Waals surface area contributed by atoms with Gasteiger partial charge in [-0.25, -0.2) is 8.42 Å². The number of nitrogens with zero attached hydrogens (tertiary/aromatic N) is 2. The maximum Gasteiger partial charge on any atom is 0.244 e. The Labute approximate surface area is 240 Å². The van der Waals surface area contributed by atoms with Crippen molar-refractivity contribution in [3.05, 3.63) is 100 Å². The molecule has 0 fully saturated rings. The smallest absolute Gasteiger partial charge is 0.244 e. The fourth-order valence-electron chi connectivity index (χ4n) is 4.00. The number of sulfonamides is 1. The van der Waals surface area contributed by atoms with E-state index < -0.39 is 28.5 Å². The monoisotopic (exact) mass is 589 g/mol. The minimum absolute atomic E-state index is 0.0830. The van der Waals surface area contributed by atoms with Crippen LogP contribution in [0.2, 0.25) is 10.0 Å². The standard InChI is InChI=1S/C29H33Cl2N3O4S/c1-4-21(2)32-29(36)27(18-22-8-6-5-7-9-22)33(19-23-10-12-24(30)13-11-23)28(35)20-34(39(3,37)38)26-16-14-25(31)15-17-26/h5-17,21,27H,4,18-20H2,1-3H3,(H,32,36)/t21-,27-/m1/s1. The van der Waals surface area contributed by atoms with Gasteiger partial charge in [0.05, 0.1) is 11.9 Å². The molecular formula is C29H33Cl2N3O4S. The summed E-state index contributed by atoms with van der Waals surface area (Å²) >= 11 is 12.1. The van der Waals surface area contributed by atoms with E-state index in [2.05, 4.69) is 5.32 Å². The molecule has 0 heterocycles. The molecular weight excluding hydrogens is 557 g/mol. The largest absolute Gasteiger partial charge is 0.352 e. The highest BCUT2D eigenvalue weighted by Gasteiger charge is 2.33. The highest BCUT2D eigenvalue weighted by atomic mass is 35.5. The fourth-order valence-corrected chi connectivity index (χ4v) is 5.10. The lowest BCUT2D eigenvalue weighted by atomic mass is 10.0. The van der Waals surface area contributed by atoms with Gasteiger partial charge < -0.3 is 10.2 Å². The van der Waals surface area contributed by atoms with Crippen LogP contribution >= 0.6 is 23.2 Å². The van der Waals surface area contributed by atoms with E-state index in [1.807, 2.05) is 44.2 Å². The zero-order valence-corrected chi connectivity index (χ0v) is 24.5. The van der Waals surface area contributed by atoms with Gasteiger partial charge in [-0.15, -0.1) is 0 Å². The molecule has 3 aromatic carbocycles. The number of nitrogens with one attached hydrogen (secondary N) is 1. The Morgan fingerprint density at radius 2 is 1.44 bits per heavy atom. The SMILES string of the molecule is CC[C@@H](C)NC(=O)[C@@H](Cc1ccccc1)N(Cc1ccc(Cl)cc1)C(=O)CN(c1ccc(Cl)cc1)S(C)(=O)=O. The number of hydrogen-bond donors (Lipinski definition) is 1. The van der Waals surface area contributed by atoms with Crippen LogP contribution in [-0.2, 0) is 32.6 Å². The van der Waals surface area contributed by atoms with Crippen molar-refractivity contribution in [2.24, 2.45) is 0 Å². The van der Waals surface area contributed by atoms with Crippen molar-refractivity contribution < 1.29 is 18.0 Å². The van der Waals surface area contributed by atoms with E-state index in [-0.39, 0.29) is 24.9 Å². The molecule has 1 N–H and O–H groups in total. The van der Waals surface area contributed by atoms with Crippen LogP contribution in [0.4, 0.5) is 5.69 Å². The van der Waals surface area contributed by atoms with Crippen molar-refractivity contribution in [2.75, 3.05) is 17.1 Å². The lowest BCUT2D eigenvalue weighted by Crippen LogP contribution is -2.54. The van der Waals surface area contributed by atoms with Crippen LogP contribution in [0.5, 0.6) is 0 Å². The van der Waals surface area contributed by atoms with Crippen LogP contribution in [0.25, 0.3) is 0 Å². The molecule has 0 aliphatic carbocycles. The highest BCUT2D eigenvalue weighted by Crippen LogP contribution is 2.22. The Balaban J connectivity index is 2.04. The molecule has 2 atom stereocenters. The molecule has 0 bridgehead atoms. The predicted molar refractivity (Wildman–Crippen MR) is 157 cm³/mol. The van der Waals surface area contributed by atoms with Gasteiger partial charge >= 0.3 is 0 Å². The van der Waals surface area contributed by atoms with Gasteiger partial charge in [-0.05, 0) is 60.9 Å². The summed E-state index contributed by atoms with van der Waals surface area (Å²) in [4.78, 5) is 29.1. The minimum Gasteiger partial charge on any atom is -0.352 e. The molecule has 0 aromatic heterocycles. The number of hydrogen-bond acceptors (Lipinski definition) is 4. The average molecular weight is 591 g/mol. The first-order valence-electron chi connectivity index (χ1n) is 12.6. The summed E-state index contributed by atoms with van der Waals surface area (Å²) in [6.45, 7) is 3.45. The molecule has 2 amide bonds. The van der Waals surface area contributed by atoms with Gasteiger partial charge in [0.25, 0.3) is 0 Å². The third-order valence-electron chi connectivity index (χ3n) is 6.33. The summed E-state index contributed by atoms with van der Waals surface area (Å²) in [5, 5.41) is 3.98. The first-order valence-corrected chi connectivity index (χ1v) is 15.2. The maximum absolute atomic E-state index is 14.0. The van der Waals surface area contributed by atoms with Gasteiger partial charge in [0.15, 0.2) is 0 Å². The van der Waals surface area contributed by atoms with E-state index in [9.17, 15) is 18.0 Å². The maximum atomic E-state index is 14.0. The molecule has 0 aliphatic rings. The number of halogens is 2. The van der Waals surface area contributed by atoms with Gasteiger partial charge in [-0.2, -0.15) is 0 Å². The molecule has 39 heavy (non-hydrogen) atoms. The molecule has 3 aromatic rings. The van der Waals surface area contributed by atoms with E-state index in [0.717, 1.165) is 21.7 Å². The molecule has 0 aliphatic heterocycles. The normalized spacial score (nSPS) is 12.8. The Bertz CT molecular complexity index is 1350. The van der Waals surface area contributed by atoms with Crippen molar-refractivity contribution in [1.29, 1.82) is 0 Å². The average Bonchev–Trinajstić information content (AvgIpc) is 2.90.